The summed E-state index contributed by atoms with van der Waals surface area (Å²) in [6, 6.07) is 12.2. The van der Waals surface area contributed by atoms with E-state index < -0.39 is 0 Å². The fourth-order valence-corrected chi connectivity index (χ4v) is 3.75. The molecule has 0 spiro atoms. The highest BCUT2D eigenvalue weighted by Crippen LogP contribution is 2.15. The third-order valence-electron chi connectivity index (χ3n) is 5.44. The lowest BCUT2D eigenvalue weighted by atomic mass is 10.1. The summed E-state index contributed by atoms with van der Waals surface area (Å²) in [7, 11) is 0. The largest absolute Gasteiger partial charge is 0.494 e. The minimum absolute atomic E-state index is 0.0337. The van der Waals surface area contributed by atoms with Gasteiger partial charge in [0.15, 0.2) is 0 Å². The Hall–Kier alpha value is -2.53. The van der Waals surface area contributed by atoms with E-state index >= 15 is 0 Å². The molecule has 0 radical (unpaired) electrons. The third-order valence-corrected chi connectivity index (χ3v) is 5.44. The van der Waals surface area contributed by atoms with Crippen molar-refractivity contribution in [1.29, 1.82) is 0 Å². The Morgan fingerprint density at radius 1 is 1.07 bits per heavy atom. The average molecular weight is 380 g/mol. The van der Waals surface area contributed by atoms with Crippen LogP contribution in [0.4, 0.5) is 0 Å². The van der Waals surface area contributed by atoms with E-state index in [1.165, 1.54) is 37.1 Å². The van der Waals surface area contributed by atoms with Crippen LogP contribution in [0.3, 0.4) is 0 Å². The molecule has 1 fully saturated rings. The van der Waals surface area contributed by atoms with Crippen molar-refractivity contribution in [3.05, 3.63) is 76.4 Å². The summed E-state index contributed by atoms with van der Waals surface area (Å²) in [5, 5.41) is 0. The van der Waals surface area contributed by atoms with Gasteiger partial charge in [0, 0.05) is 31.8 Å². The van der Waals surface area contributed by atoms with E-state index in [-0.39, 0.29) is 11.7 Å². The number of pyridine rings is 1. The van der Waals surface area contributed by atoms with Crippen molar-refractivity contribution in [2.45, 2.75) is 44.9 Å². The molecule has 2 aliphatic heterocycles. The highest BCUT2D eigenvalue weighted by atomic mass is 16.5. The second-order valence-corrected chi connectivity index (χ2v) is 7.62. The van der Waals surface area contributed by atoms with Gasteiger partial charge in [0.1, 0.15) is 18.5 Å². The lowest BCUT2D eigenvalue weighted by Gasteiger charge is -2.15. The van der Waals surface area contributed by atoms with Gasteiger partial charge in [-0.05, 0) is 55.6 Å². The van der Waals surface area contributed by atoms with E-state index in [0.717, 1.165) is 19.4 Å². The zero-order valence-electron chi connectivity index (χ0n) is 16.3. The Bertz CT molecular complexity index is 843. The van der Waals surface area contributed by atoms with Gasteiger partial charge in [-0.1, -0.05) is 24.3 Å². The topological polar surface area (TPSA) is 43.7 Å². The number of benzene rings is 1. The third kappa shape index (κ3) is 5.04. The number of nitrogens with zero attached hydrogens (tertiary/aromatic N) is 2. The average Bonchev–Trinajstić information content (AvgIpc) is 3.41. The first-order chi connectivity index (χ1) is 13.8. The molecule has 0 amide bonds. The maximum Gasteiger partial charge on any atom is 0.254 e. The molecule has 5 nitrogen and oxygen atoms in total. The zero-order valence-corrected chi connectivity index (χ0v) is 16.3. The molecule has 1 saturated heterocycles. The number of hydrogen-bond acceptors (Lipinski definition) is 4. The summed E-state index contributed by atoms with van der Waals surface area (Å²) in [5.41, 5.74) is 2.59. The molecule has 1 aromatic heterocycles. The van der Waals surface area contributed by atoms with Gasteiger partial charge in [0.05, 0.1) is 6.26 Å². The quantitative estimate of drug-likeness (QED) is 0.704. The van der Waals surface area contributed by atoms with E-state index in [0.29, 0.717) is 18.9 Å². The van der Waals surface area contributed by atoms with Gasteiger partial charge in [0.2, 0.25) is 0 Å². The molecule has 5 heteroatoms. The number of hydrogen-bond donors (Lipinski definition) is 0. The predicted molar refractivity (Wildman–Crippen MR) is 109 cm³/mol. The van der Waals surface area contributed by atoms with Crippen LogP contribution in [0.2, 0.25) is 0 Å². The molecule has 0 N–H and O–H groups in total. The van der Waals surface area contributed by atoms with Crippen molar-refractivity contribution in [2.75, 3.05) is 19.7 Å². The molecule has 4 rings (SSSR count). The summed E-state index contributed by atoms with van der Waals surface area (Å²) >= 11 is 0. The van der Waals surface area contributed by atoms with Crippen LogP contribution in [0, 0.1) is 0 Å². The van der Waals surface area contributed by atoms with Crippen LogP contribution in [0.25, 0.3) is 0 Å². The van der Waals surface area contributed by atoms with Crippen molar-refractivity contribution >= 4 is 0 Å². The van der Waals surface area contributed by atoms with Crippen LogP contribution in [0.15, 0.2) is 59.7 Å². The first kappa shape index (κ1) is 18.8. The highest BCUT2D eigenvalue weighted by molar-refractivity contribution is 5.23. The second kappa shape index (κ2) is 9.11. The van der Waals surface area contributed by atoms with Crippen LogP contribution in [0.5, 0.6) is 5.75 Å². The normalized spacial score (nSPS) is 19.1. The molecule has 28 heavy (non-hydrogen) atoms. The molecule has 1 unspecified atom stereocenters. The minimum atomic E-state index is -0.0337. The number of likely N-dealkylation sites (tertiary alicyclic amines) is 1. The lowest BCUT2D eigenvalue weighted by molar-refractivity contribution is 0.108. The molecular weight excluding hydrogens is 352 g/mol. The monoisotopic (exact) mass is 380 g/mol. The van der Waals surface area contributed by atoms with E-state index in [1.54, 1.807) is 16.9 Å². The molecule has 0 aliphatic carbocycles. The van der Waals surface area contributed by atoms with Gasteiger partial charge in [-0.15, -0.1) is 0 Å². The molecular formula is C23H28N2O3. The first-order valence-corrected chi connectivity index (χ1v) is 10.2. The first-order valence-electron chi connectivity index (χ1n) is 10.2. The van der Waals surface area contributed by atoms with Crippen molar-refractivity contribution < 1.29 is 9.47 Å². The highest BCUT2D eigenvalue weighted by Gasteiger charge is 2.13. The van der Waals surface area contributed by atoms with Gasteiger partial charge in [-0.25, -0.2) is 0 Å². The predicted octanol–water partition coefficient (Wildman–Crippen LogP) is 3.37. The number of rotatable bonds is 8. The molecule has 2 aliphatic rings. The van der Waals surface area contributed by atoms with Crippen LogP contribution in [-0.2, 0) is 24.2 Å². The van der Waals surface area contributed by atoms with Gasteiger partial charge in [-0.2, -0.15) is 0 Å². The SMILES string of the molecule is O=c1cc(OCC2CC=CO2)ccn1CCc1ccc(CN2CCCC2)cc1. The summed E-state index contributed by atoms with van der Waals surface area (Å²) in [5.74, 6) is 0.600. The summed E-state index contributed by atoms with van der Waals surface area (Å²) in [6.07, 6.45) is 9.88. The van der Waals surface area contributed by atoms with Crippen molar-refractivity contribution in [3.63, 3.8) is 0 Å². The van der Waals surface area contributed by atoms with Crippen molar-refractivity contribution in [2.24, 2.45) is 0 Å². The Kier molecular flexibility index (Phi) is 6.12. The maximum absolute atomic E-state index is 12.3. The van der Waals surface area contributed by atoms with Gasteiger partial charge in [-0.3, -0.25) is 9.69 Å². The number of aromatic nitrogens is 1. The second-order valence-electron chi connectivity index (χ2n) is 7.62. The van der Waals surface area contributed by atoms with Crippen molar-refractivity contribution in [3.8, 4) is 5.75 Å². The Balaban J connectivity index is 1.27. The number of ether oxygens (including phenoxy) is 2. The summed E-state index contributed by atoms with van der Waals surface area (Å²) in [4.78, 5) is 14.8. The van der Waals surface area contributed by atoms with Gasteiger partial charge >= 0.3 is 0 Å². The van der Waals surface area contributed by atoms with Crippen molar-refractivity contribution in [1.82, 2.24) is 9.47 Å². The zero-order chi connectivity index (χ0) is 19.2. The Labute approximate surface area is 166 Å². The maximum atomic E-state index is 12.3. The fourth-order valence-electron chi connectivity index (χ4n) is 3.75. The minimum Gasteiger partial charge on any atom is -0.494 e. The van der Waals surface area contributed by atoms with Crippen LogP contribution in [-0.4, -0.2) is 35.3 Å². The fraction of sp³-hybridized carbons (Fsp3) is 0.435. The Morgan fingerprint density at radius 3 is 2.57 bits per heavy atom. The summed E-state index contributed by atoms with van der Waals surface area (Å²) < 4.78 is 12.8. The summed E-state index contributed by atoms with van der Waals surface area (Å²) in [6.45, 7) is 4.60. The molecule has 0 bridgehead atoms. The van der Waals surface area contributed by atoms with Crippen LogP contribution in [0.1, 0.15) is 30.4 Å². The smallest absolute Gasteiger partial charge is 0.254 e. The van der Waals surface area contributed by atoms with E-state index in [4.69, 9.17) is 9.47 Å². The molecule has 0 saturated carbocycles. The molecule has 1 aromatic carbocycles. The van der Waals surface area contributed by atoms with Crippen LogP contribution >= 0.6 is 0 Å². The van der Waals surface area contributed by atoms with E-state index in [9.17, 15) is 4.79 Å². The molecule has 1 atom stereocenters. The standard InChI is InChI=1S/C23H28N2O3/c26-23-16-21(28-18-22-4-3-15-27-22)10-14-25(23)13-9-19-5-7-20(8-6-19)17-24-11-1-2-12-24/h3,5-8,10,14-16,22H,1-2,4,9,11-13,17-18H2. The lowest BCUT2D eigenvalue weighted by Crippen LogP contribution is -2.21. The molecule has 148 valence electrons. The van der Waals surface area contributed by atoms with Gasteiger partial charge in [0.25, 0.3) is 5.56 Å². The Morgan fingerprint density at radius 2 is 1.86 bits per heavy atom. The van der Waals surface area contributed by atoms with E-state index in [1.807, 2.05) is 18.3 Å². The molecule has 3 heterocycles. The number of aryl methyl sites for hydroxylation is 2. The van der Waals surface area contributed by atoms with Crippen LogP contribution < -0.4 is 10.3 Å². The molecule has 2 aromatic rings. The van der Waals surface area contributed by atoms with Gasteiger partial charge < -0.3 is 14.0 Å². The van der Waals surface area contributed by atoms with E-state index in [2.05, 4.69) is 29.2 Å².